The summed E-state index contributed by atoms with van der Waals surface area (Å²) in [4.78, 5) is 33.7. The molecule has 2 aromatic carbocycles. The fraction of sp³-hybridized carbons (Fsp3) is 0.405. The number of pyridine rings is 1. The summed E-state index contributed by atoms with van der Waals surface area (Å²) in [7, 11) is 5.48. The molecule has 2 aliphatic heterocycles. The highest BCUT2D eigenvalue weighted by Crippen LogP contribution is 2.35. The van der Waals surface area contributed by atoms with Gasteiger partial charge in [-0.05, 0) is 74.7 Å². The molecule has 5 aromatic rings. The number of nitrogens with two attached hydrogens (primary N) is 1. The van der Waals surface area contributed by atoms with Crippen LogP contribution in [0.4, 0.5) is 21.7 Å². The van der Waals surface area contributed by atoms with E-state index in [9.17, 15) is 14.0 Å². The van der Waals surface area contributed by atoms with E-state index in [-0.39, 0.29) is 29.9 Å². The van der Waals surface area contributed by atoms with Gasteiger partial charge in [0.25, 0.3) is 0 Å². The number of halogens is 1. The zero-order valence-corrected chi connectivity index (χ0v) is 34.2. The molecule has 2 amide bonds. The van der Waals surface area contributed by atoms with Crippen molar-refractivity contribution >= 4 is 52.5 Å². The molecule has 2 saturated heterocycles. The molecule has 0 bridgehead atoms. The topological polar surface area (TPSA) is 188 Å². The molecule has 5 N–H and O–H groups in total. The maximum Gasteiger partial charge on any atom is 0.228 e. The molecule has 16 nitrogen and oxygen atoms in total. The summed E-state index contributed by atoms with van der Waals surface area (Å²) in [6, 6.07) is 12.8. The number of nitrogen functional groups attached to an aromatic ring is 1. The first-order chi connectivity index (χ1) is 28.4. The van der Waals surface area contributed by atoms with E-state index in [1.165, 1.54) is 24.0 Å². The number of amides is 2. The standard InChI is InChI=1S/C42H52FN13O3/c1-26-21-56(50-40(26)29-16-38(41(45)47-19-29)59-27(2)35-17-30(43)6-8-33(35)36(44)20-49-46-3)31-10-14-54(15-11-31)22-28-23-55(24-28)32-7-9-34-37(18-32)53(5)51-42(34)52(4)13-12-39(58)48-25-57/h6-9,16-21,25,27-28,31,44,46H,10-15,22-24H2,1-5H3,(H2,45,47)(H,48,57,58)/b44-36?,49-20-. The molecule has 1 unspecified atom stereocenters. The van der Waals surface area contributed by atoms with E-state index < -0.39 is 11.9 Å². The Hall–Kier alpha value is -6.36. The van der Waals surface area contributed by atoms with E-state index in [0.717, 1.165) is 79.1 Å². The highest BCUT2D eigenvalue weighted by Gasteiger charge is 2.31. The lowest BCUT2D eigenvalue weighted by molar-refractivity contribution is -0.125. The minimum Gasteiger partial charge on any atom is -0.482 e. The number of fused-ring (bicyclic) bond motifs is 1. The Morgan fingerprint density at radius 1 is 1.17 bits per heavy atom. The SMILES string of the molecule is CN/N=C\C(=N)c1ccc(F)cc1C(C)Oc1cc(-c2nn(C3CCN(CC4CN(c5ccc6c(N(C)CCC(=O)NC=O)nn(C)c6c5)C4)CC3)cc2C)cnc1N. The van der Waals surface area contributed by atoms with Crippen LogP contribution in [0.1, 0.15) is 55.0 Å². The Balaban J connectivity index is 0.925. The van der Waals surface area contributed by atoms with Gasteiger partial charge in [0, 0.05) is 113 Å². The van der Waals surface area contributed by atoms with Crippen LogP contribution in [0.2, 0.25) is 0 Å². The molecule has 2 fully saturated rings. The third-order valence-electron chi connectivity index (χ3n) is 11.3. The van der Waals surface area contributed by atoms with Crippen LogP contribution in [-0.2, 0) is 16.6 Å². The van der Waals surface area contributed by atoms with Crippen molar-refractivity contribution in [2.75, 3.05) is 68.9 Å². The molecule has 0 radical (unpaired) electrons. The number of hydrogen-bond donors (Lipinski definition) is 4. The number of nitrogens with one attached hydrogen (secondary N) is 3. The maximum atomic E-state index is 14.4. The second kappa shape index (κ2) is 17.6. The number of piperidine rings is 1. The molecule has 310 valence electrons. The molecule has 59 heavy (non-hydrogen) atoms. The van der Waals surface area contributed by atoms with Crippen LogP contribution in [0.5, 0.6) is 5.75 Å². The summed E-state index contributed by atoms with van der Waals surface area (Å²) in [5, 5.41) is 25.3. The molecule has 7 rings (SSSR count). The fourth-order valence-corrected chi connectivity index (χ4v) is 8.05. The zero-order chi connectivity index (χ0) is 41.8. The van der Waals surface area contributed by atoms with Crippen molar-refractivity contribution in [1.82, 2.24) is 40.2 Å². The smallest absolute Gasteiger partial charge is 0.228 e. The van der Waals surface area contributed by atoms with Gasteiger partial charge in [-0.15, -0.1) is 0 Å². The number of aryl methyl sites for hydroxylation is 2. The number of aromatic nitrogens is 5. The van der Waals surface area contributed by atoms with Crippen molar-refractivity contribution in [2.45, 2.75) is 45.3 Å². The van der Waals surface area contributed by atoms with Gasteiger partial charge in [0.15, 0.2) is 17.4 Å². The van der Waals surface area contributed by atoms with Crippen LogP contribution in [0, 0.1) is 24.1 Å². The molecular formula is C42H52FN13O3. The maximum absolute atomic E-state index is 14.4. The predicted octanol–water partition coefficient (Wildman–Crippen LogP) is 4.45. The fourth-order valence-electron chi connectivity index (χ4n) is 8.05. The Labute approximate surface area is 342 Å². The quantitative estimate of drug-likeness (QED) is 0.0627. The van der Waals surface area contributed by atoms with E-state index in [2.05, 4.69) is 59.7 Å². The number of carbonyl (C=O) groups excluding carboxylic acids is 2. The second-order valence-electron chi connectivity index (χ2n) is 15.4. The van der Waals surface area contributed by atoms with Crippen molar-refractivity contribution in [1.29, 1.82) is 5.41 Å². The molecule has 17 heteroatoms. The van der Waals surface area contributed by atoms with Crippen molar-refractivity contribution in [3.05, 3.63) is 77.4 Å². The number of anilines is 3. The Morgan fingerprint density at radius 2 is 1.95 bits per heavy atom. The van der Waals surface area contributed by atoms with Crippen LogP contribution in [0.15, 0.2) is 60.0 Å². The van der Waals surface area contributed by atoms with Crippen molar-refractivity contribution < 1.29 is 18.7 Å². The highest BCUT2D eigenvalue weighted by molar-refractivity contribution is 6.37. The van der Waals surface area contributed by atoms with Gasteiger partial charge >= 0.3 is 0 Å². The van der Waals surface area contributed by atoms with E-state index in [0.29, 0.717) is 35.7 Å². The Kier molecular flexibility index (Phi) is 12.2. The number of benzene rings is 2. The second-order valence-corrected chi connectivity index (χ2v) is 15.4. The van der Waals surface area contributed by atoms with E-state index in [1.807, 2.05) is 36.7 Å². The van der Waals surface area contributed by atoms with Gasteiger partial charge in [0.2, 0.25) is 12.3 Å². The molecule has 3 aromatic heterocycles. The van der Waals surface area contributed by atoms with Crippen LogP contribution in [0.3, 0.4) is 0 Å². The number of hydrogen-bond acceptors (Lipinski definition) is 13. The van der Waals surface area contributed by atoms with Crippen molar-refractivity contribution in [3.8, 4) is 17.0 Å². The average molecular weight is 806 g/mol. The summed E-state index contributed by atoms with van der Waals surface area (Å²) in [6.45, 7) is 9.35. The lowest BCUT2D eigenvalue weighted by Gasteiger charge is -2.44. The van der Waals surface area contributed by atoms with Gasteiger partial charge < -0.3 is 30.6 Å². The number of rotatable bonds is 16. The van der Waals surface area contributed by atoms with Gasteiger partial charge in [-0.3, -0.25) is 29.7 Å². The molecular weight excluding hydrogens is 754 g/mol. The molecule has 1 atom stereocenters. The summed E-state index contributed by atoms with van der Waals surface area (Å²) in [5.74, 6) is 1.20. The summed E-state index contributed by atoms with van der Waals surface area (Å²) >= 11 is 0. The molecule has 0 aliphatic carbocycles. The van der Waals surface area contributed by atoms with Crippen molar-refractivity contribution in [3.63, 3.8) is 0 Å². The zero-order valence-electron chi connectivity index (χ0n) is 34.2. The molecule has 0 saturated carbocycles. The monoisotopic (exact) mass is 805 g/mol. The first-order valence-electron chi connectivity index (χ1n) is 19.9. The number of ether oxygens (including phenoxy) is 1. The van der Waals surface area contributed by atoms with E-state index in [1.54, 1.807) is 26.2 Å². The lowest BCUT2D eigenvalue weighted by Crippen LogP contribution is -2.52. The lowest BCUT2D eigenvalue weighted by atomic mass is 9.96. The molecule has 2 aliphatic rings. The Bertz CT molecular complexity index is 2360. The average Bonchev–Trinajstić information content (AvgIpc) is 3.77. The number of hydrazone groups is 1. The first-order valence-corrected chi connectivity index (χ1v) is 19.9. The first kappa shape index (κ1) is 40.8. The van der Waals surface area contributed by atoms with E-state index >= 15 is 0 Å². The van der Waals surface area contributed by atoms with Gasteiger partial charge in [-0.2, -0.15) is 15.3 Å². The third kappa shape index (κ3) is 9.04. The number of nitrogens with zero attached hydrogens (tertiary/aromatic N) is 9. The third-order valence-corrected chi connectivity index (χ3v) is 11.3. The summed E-state index contributed by atoms with van der Waals surface area (Å²) in [6.07, 6.45) is 7.14. The van der Waals surface area contributed by atoms with Crippen LogP contribution in [0.25, 0.3) is 22.2 Å². The normalized spacial score (nSPS) is 15.7. The van der Waals surface area contributed by atoms with Crippen LogP contribution in [-0.4, -0.2) is 107 Å². The molecule has 0 spiro atoms. The molecule has 5 heterocycles. The minimum atomic E-state index is -0.640. The summed E-state index contributed by atoms with van der Waals surface area (Å²) in [5.41, 5.74) is 14.8. The number of likely N-dealkylation sites (tertiary alicyclic amines) is 1. The summed E-state index contributed by atoms with van der Waals surface area (Å²) < 4.78 is 24.6. The predicted molar refractivity (Wildman–Crippen MR) is 228 cm³/mol. The minimum absolute atomic E-state index is 0.113. The van der Waals surface area contributed by atoms with Gasteiger partial charge in [-0.1, -0.05) is 0 Å². The Morgan fingerprint density at radius 3 is 2.69 bits per heavy atom. The van der Waals surface area contributed by atoms with Crippen molar-refractivity contribution in [2.24, 2.45) is 18.1 Å². The van der Waals surface area contributed by atoms with Crippen LogP contribution >= 0.6 is 0 Å². The largest absolute Gasteiger partial charge is 0.482 e. The van der Waals surface area contributed by atoms with Crippen LogP contribution < -0.4 is 31.0 Å². The highest BCUT2D eigenvalue weighted by atomic mass is 19.1. The van der Waals surface area contributed by atoms with Gasteiger partial charge in [0.1, 0.15) is 11.9 Å². The van der Waals surface area contributed by atoms with E-state index in [4.69, 9.17) is 26.1 Å². The number of carbonyl (C=O) groups is 2. The van der Waals surface area contributed by atoms with Gasteiger partial charge in [-0.25, -0.2) is 9.37 Å². The van der Waals surface area contributed by atoms with Gasteiger partial charge in [0.05, 0.1) is 29.2 Å². The number of imide groups is 1.